The van der Waals surface area contributed by atoms with Gasteiger partial charge in [-0.25, -0.2) is 0 Å². The van der Waals surface area contributed by atoms with Crippen molar-refractivity contribution >= 4 is 29.3 Å². The van der Waals surface area contributed by atoms with Crippen molar-refractivity contribution in [2.75, 3.05) is 5.32 Å². The summed E-state index contributed by atoms with van der Waals surface area (Å²) in [4.78, 5) is 12.2. The van der Waals surface area contributed by atoms with E-state index < -0.39 is 0 Å². The molecule has 5 heteroatoms. The van der Waals surface area contributed by atoms with Gasteiger partial charge in [0.1, 0.15) is 23.0 Å². The lowest BCUT2D eigenvalue weighted by Crippen LogP contribution is -2.07. The number of halogens is 1. The molecular formula is C25H18ClNO3. The minimum atomic E-state index is -0.262. The molecule has 0 saturated heterocycles. The third-order valence-corrected chi connectivity index (χ3v) is 4.60. The minimum Gasteiger partial charge on any atom is -0.457 e. The van der Waals surface area contributed by atoms with Gasteiger partial charge in [-0.05, 0) is 66.7 Å². The molecule has 0 aliphatic carbocycles. The predicted octanol–water partition coefficient (Wildman–Crippen LogP) is 7.04. The molecule has 1 amide bonds. The summed E-state index contributed by atoms with van der Waals surface area (Å²) < 4.78 is 11.5. The Labute approximate surface area is 179 Å². The van der Waals surface area contributed by atoms with E-state index in [0.29, 0.717) is 28.0 Å². The number of benzene rings is 3. The number of rotatable bonds is 6. The molecule has 0 atom stereocenters. The number of para-hydroxylation sites is 1. The first kappa shape index (κ1) is 19.6. The lowest BCUT2D eigenvalue weighted by atomic mass is 10.2. The van der Waals surface area contributed by atoms with Crippen molar-refractivity contribution in [3.05, 3.63) is 108 Å². The van der Waals surface area contributed by atoms with Gasteiger partial charge in [-0.3, -0.25) is 4.79 Å². The van der Waals surface area contributed by atoms with Gasteiger partial charge in [0, 0.05) is 17.3 Å². The highest BCUT2D eigenvalue weighted by Gasteiger charge is 2.07. The Bertz CT molecular complexity index is 1160. The number of hydrogen-bond acceptors (Lipinski definition) is 3. The third kappa shape index (κ3) is 4.99. The minimum absolute atomic E-state index is 0.262. The van der Waals surface area contributed by atoms with Crippen molar-refractivity contribution in [3.63, 3.8) is 0 Å². The van der Waals surface area contributed by atoms with Gasteiger partial charge in [-0.2, -0.15) is 0 Å². The highest BCUT2D eigenvalue weighted by molar-refractivity contribution is 6.33. The largest absolute Gasteiger partial charge is 0.457 e. The first-order valence-corrected chi connectivity index (χ1v) is 9.72. The van der Waals surface area contributed by atoms with E-state index in [-0.39, 0.29) is 5.91 Å². The van der Waals surface area contributed by atoms with Crippen LogP contribution in [0.1, 0.15) is 5.76 Å². The zero-order chi connectivity index (χ0) is 20.8. The average molecular weight is 416 g/mol. The molecule has 0 radical (unpaired) electrons. The van der Waals surface area contributed by atoms with E-state index in [1.165, 1.54) is 6.08 Å². The van der Waals surface area contributed by atoms with E-state index in [4.69, 9.17) is 20.8 Å². The van der Waals surface area contributed by atoms with Crippen LogP contribution in [0.5, 0.6) is 11.5 Å². The third-order valence-electron chi connectivity index (χ3n) is 4.27. The molecule has 1 heterocycles. The Morgan fingerprint density at radius 2 is 1.53 bits per heavy atom. The monoisotopic (exact) mass is 415 g/mol. The highest BCUT2D eigenvalue weighted by atomic mass is 35.5. The summed E-state index contributed by atoms with van der Waals surface area (Å²) in [6.07, 6.45) is 3.03. The number of carbonyl (C=O) groups excluding carboxylic acids is 1. The number of hydrogen-bond donors (Lipinski definition) is 1. The van der Waals surface area contributed by atoms with Crippen LogP contribution in [0.2, 0.25) is 5.02 Å². The SMILES string of the molecule is O=C(/C=C/c1ccc(-c2ccccc2Cl)o1)Nc1ccc(Oc2ccccc2)cc1. The first-order valence-electron chi connectivity index (χ1n) is 9.34. The van der Waals surface area contributed by atoms with Gasteiger partial charge in [0.2, 0.25) is 5.91 Å². The van der Waals surface area contributed by atoms with Gasteiger partial charge in [0.05, 0.1) is 5.02 Å². The Hall–Kier alpha value is -3.76. The average Bonchev–Trinajstić information content (AvgIpc) is 3.24. The number of carbonyl (C=O) groups is 1. The van der Waals surface area contributed by atoms with Crippen LogP contribution in [0.4, 0.5) is 5.69 Å². The predicted molar refractivity (Wildman–Crippen MR) is 120 cm³/mol. The van der Waals surface area contributed by atoms with Gasteiger partial charge >= 0.3 is 0 Å². The summed E-state index contributed by atoms with van der Waals surface area (Å²) in [5.41, 5.74) is 1.47. The van der Waals surface area contributed by atoms with Crippen LogP contribution in [0.25, 0.3) is 17.4 Å². The molecule has 1 aromatic heterocycles. The van der Waals surface area contributed by atoms with Crippen molar-refractivity contribution in [3.8, 4) is 22.8 Å². The van der Waals surface area contributed by atoms with Gasteiger partial charge < -0.3 is 14.5 Å². The maximum Gasteiger partial charge on any atom is 0.248 e. The zero-order valence-corrected chi connectivity index (χ0v) is 16.7. The molecular weight excluding hydrogens is 398 g/mol. The van der Waals surface area contributed by atoms with Crippen molar-refractivity contribution < 1.29 is 13.9 Å². The summed E-state index contributed by atoms with van der Waals surface area (Å²) in [6.45, 7) is 0. The van der Waals surface area contributed by atoms with E-state index in [9.17, 15) is 4.79 Å². The fourth-order valence-corrected chi connectivity index (χ4v) is 3.05. The standard InChI is InChI=1S/C25H18ClNO3/c26-23-9-5-4-8-22(23)24-16-14-21(30-24)15-17-25(28)27-18-10-12-20(13-11-18)29-19-6-2-1-3-7-19/h1-17H,(H,27,28)/b17-15+. The molecule has 4 aromatic rings. The number of amides is 1. The zero-order valence-electron chi connectivity index (χ0n) is 15.9. The molecule has 0 aliphatic rings. The Balaban J connectivity index is 1.35. The van der Waals surface area contributed by atoms with Crippen molar-refractivity contribution in [2.45, 2.75) is 0 Å². The van der Waals surface area contributed by atoms with Gasteiger partial charge in [0.15, 0.2) is 0 Å². The van der Waals surface area contributed by atoms with Crippen LogP contribution in [0, 0.1) is 0 Å². The van der Waals surface area contributed by atoms with Crippen molar-refractivity contribution in [2.24, 2.45) is 0 Å². The van der Waals surface area contributed by atoms with Gasteiger partial charge in [-0.1, -0.05) is 41.9 Å². The molecule has 3 aromatic carbocycles. The van der Waals surface area contributed by atoms with Crippen LogP contribution >= 0.6 is 11.6 Å². The Kier molecular flexibility index (Phi) is 5.97. The van der Waals surface area contributed by atoms with E-state index in [1.807, 2.05) is 54.6 Å². The summed E-state index contributed by atoms with van der Waals surface area (Å²) in [5, 5.41) is 3.42. The van der Waals surface area contributed by atoms with E-state index in [0.717, 1.165) is 11.3 Å². The maximum atomic E-state index is 12.2. The van der Waals surface area contributed by atoms with Crippen molar-refractivity contribution in [1.82, 2.24) is 0 Å². The lowest BCUT2D eigenvalue weighted by molar-refractivity contribution is -0.111. The second kappa shape index (κ2) is 9.16. The number of furan rings is 1. The number of ether oxygens (including phenoxy) is 1. The molecule has 4 nitrogen and oxygen atoms in total. The second-order valence-corrected chi connectivity index (χ2v) is 6.85. The summed E-state index contributed by atoms with van der Waals surface area (Å²) in [6, 6.07) is 27.7. The van der Waals surface area contributed by atoms with Crippen LogP contribution in [0.15, 0.2) is 101 Å². The van der Waals surface area contributed by atoms with E-state index >= 15 is 0 Å². The Morgan fingerprint density at radius 3 is 2.30 bits per heavy atom. The smallest absolute Gasteiger partial charge is 0.248 e. The molecule has 0 fully saturated rings. The number of nitrogens with one attached hydrogen (secondary N) is 1. The molecule has 4 rings (SSSR count). The second-order valence-electron chi connectivity index (χ2n) is 6.44. The highest BCUT2D eigenvalue weighted by Crippen LogP contribution is 2.29. The van der Waals surface area contributed by atoms with Crippen molar-refractivity contribution in [1.29, 1.82) is 0 Å². The molecule has 0 spiro atoms. The van der Waals surface area contributed by atoms with Crippen LogP contribution in [0.3, 0.4) is 0 Å². The Morgan fingerprint density at radius 1 is 0.833 bits per heavy atom. The quantitative estimate of drug-likeness (QED) is 0.343. The molecule has 148 valence electrons. The van der Waals surface area contributed by atoms with E-state index in [1.54, 1.807) is 42.5 Å². The molecule has 0 unspecified atom stereocenters. The molecule has 0 saturated carbocycles. The summed E-state index contributed by atoms with van der Waals surface area (Å²) in [7, 11) is 0. The molecule has 30 heavy (non-hydrogen) atoms. The fourth-order valence-electron chi connectivity index (χ4n) is 2.82. The molecule has 0 aliphatic heterocycles. The normalized spacial score (nSPS) is 10.8. The molecule has 1 N–H and O–H groups in total. The van der Waals surface area contributed by atoms with Gasteiger partial charge in [0.25, 0.3) is 0 Å². The first-order chi connectivity index (χ1) is 14.7. The van der Waals surface area contributed by atoms with Crippen LogP contribution in [-0.2, 0) is 4.79 Å². The van der Waals surface area contributed by atoms with Crippen LogP contribution in [-0.4, -0.2) is 5.91 Å². The number of anilines is 1. The topological polar surface area (TPSA) is 51.5 Å². The summed E-state index contributed by atoms with van der Waals surface area (Å²) in [5.74, 6) is 2.40. The lowest BCUT2D eigenvalue weighted by Gasteiger charge is -2.07. The summed E-state index contributed by atoms with van der Waals surface area (Å²) >= 11 is 6.19. The fraction of sp³-hybridized carbons (Fsp3) is 0. The molecule has 0 bridgehead atoms. The van der Waals surface area contributed by atoms with Gasteiger partial charge in [-0.15, -0.1) is 0 Å². The van der Waals surface area contributed by atoms with Crippen LogP contribution < -0.4 is 10.1 Å². The maximum absolute atomic E-state index is 12.2. The van der Waals surface area contributed by atoms with E-state index in [2.05, 4.69) is 5.32 Å².